The van der Waals surface area contributed by atoms with E-state index in [9.17, 15) is 4.91 Å². The highest BCUT2D eigenvalue weighted by atomic mass is 16.3. The summed E-state index contributed by atoms with van der Waals surface area (Å²) >= 11 is 0. The molecule has 7 N–H and O–H groups in total. The minimum atomic E-state index is -0.115. The van der Waals surface area contributed by atoms with E-state index < -0.39 is 0 Å². The van der Waals surface area contributed by atoms with Crippen LogP contribution < -0.4 is 22.8 Å². The highest BCUT2D eigenvalue weighted by molar-refractivity contribution is 5.03. The fourth-order valence-electron chi connectivity index (χ4n) is 2.11. The van der Waals surface area contributed by atoms with Crippen LogP contribution >= 0.6 is 0 Å². The van der Waals surface area contributed by atoms with Gasteiger partial charge in [-0.3, -0.25) is 11.7 Å². The third kappa shape index (κ3) is 4.14. The van der Waals surface area contributed by atoms with Crippen molar-refractivity contribution in [1.82, 2.24) is 10.4 Å². The van der Waals surface area contributed by atoms with Crippen LogP contribution in [-0.2, 0) is 0 Å². The predicted octanol–water partition coefficient (Wildman–Crippen LogP) is -0.997. The van der Waals surface area contributed by atoms with Crippen molar-refractivity contribution in [2.75, 3.05) is 20.1 Å². The van der Waals surface area contributed by atoms with Crippen molar-refractivity contribution in [2.24, 2.45) is 23.3 Å². The highest BCUT2D eigenvalue weighted by Crippen LogP contribution is 2.27. The Morgan fingerprint density at radius 2 is 2.41 bits per heavy atom. The second-order valence-corrected chi connectivity index (χ2v) is 4.40. The maximum Gasteiger partial charge on any atom is 0.228 e. The van der Waals surface area contributed by atoms with Crippen LogP contribution in [0.25, 0.3) is 0 Å². The number of nitrogens with one attached hydrogen (secondary N) is 1. The number of allylic oxidation sites excluding steroid dienone is 2. The van der Waals surface area contributed by atoms with Crippen molar-refractivity contribution in [3.63, 3.8) is 0 Å². The van der Waals surface area contributed by atoms with Crippen LogP contribution in [0.3, 0.4) is 0 Å². The standard InChI is InChI=1S/C10H23N6O/c1-15(17)9-3-2-8(6-9)7-10(14-12)16(13)5-4-11/h6,8,10,14H,2-5,7,11-13H2,1H3/q+1. The van der Waals surface area contributed by atoms with Gasteiger partial charge in [0.25, 0.3) is 0 Å². The monoisotopic (exact) mass is 243 g/mol. The summed E-state index contributed by atoms with van der Waals surface area (Å²) in [7, 11) is 1.52. The zero-order valence-electron chi connectivity index (χ0n) is 10.3. The molecule has 0 bridgehead atoms. The first-order valence-electron chi connectivity index (χ1n) is 5.87. The Balaban J connectivity index is 2.50. The number of nitrogens with two attached hydrogens (primary N) is 3. The molecule has 2 atom stereocenters. The molecule has 7 heteroatoms. The Bertz CT molecular complexity index is 293. The van der Waals surface area contributed by atoms with Crippen molar-refractivity contribution in [3.8, 4) is 0 Å². The molecular formula is C10H23N6O+. The van der Waals surface area contributed by atoms with Gasteiger partial charge in [0.1, 0.15) is 0 Å². The van der Waals surface area contributed by atoms with Gasteiger partial charge >= 0.3 is 0 Å². The number of hydrazine groups is 2. The second kappa shape index (κ2) is 6.77. The summed E-state index contributed by atoms with van der Waals surface area (Å²) in [5, 5.41) is 1.60. The minimum Gasteiger partial charge on any atom is -0.329 e. The molecule has 0 heterocycles. The van der Waals surface area contributed by atoms with Crippen LogP contribution in [0.5, 0.6) is 0 Å². The summed E-state index contributed by atoms with van der Waals surface area (Å²) in [4.78, 5) is 11.1. The second-order valence-electron chi connectivity index (χ2n) is 4.40. The lowest BCUT2D eigenvalue weighted by atomic mass is 10.0. The van der Waals surface area contributed by atoms with Gasteiger partial charge in [-0.2, -0.15) is 0 Å². The van der Waals surface area contributed by atoms with Gasteiger partial charge in [0, 0.05) is 29.2 Å². The molecule has 98 valence electrons. The molecule has 0 aromatic carbocycles. The molecule has 0 aliphatic heterocycles. The molecule has 0 radical (unpaired) electrons. The highest BCUT2D eigenvalue weighted by Gasteiger charge is 2.27. The molecule has 0 spiro atoms. The van der Waals surface area contributed by atoms with Crippen LogP contribution in [0.4, 0.5) is 0 Å². The molecule has 0 saturated heterocycles. The van der Waals surface area contributed by atoms with E-state index in [0.717, 1.165) is 29.7 Å². The van der Waals surface area contributed by atoms with Crippen molar-refractivity contribution >= 4 is 0 Å². The maximum atomic E-state index is 11.1. The predicted molar refractivity (Wildman–Crippen MR) is 66.0 cm³/mol. The van der Waals surface area contributed by atoms with Crippen molar-refractivity contribution in [1.29, 1.82) is 0 Å². The first kappa shape index (κ1) is 14.2. The number of hydrogen-bond acceptors (Lipinski definition) is 6. The Morgan fingerprint density at radius 1 is 1.71 bits per heavy atom. The molecule has 0 fully saturated rings. The Kier molecular flexibility index (Phi) is 5.66. The number of hydrogen-bond donors (Lipinski definition) is 4. The average molecular weight is 243 g/mol. The van der Waals surface area contributed by atoms with Gasteiger partial charge in [-0.1, -0.05) is 0 Å². The zero-order valence-corrected chi connectivity index (χ0v) is 10.3. The zero-order chi connectivity index (χ0) is 12.8. The molecule has 0 amide bonds. The van der Waals surface area contributed by atoms with Gasteiger partial charge < -0.3 is 5.73 Å². The van der Waals surface area contributed by atoms with E-state index in [0.29, 0.717) is 19.0 Å². The number of nitrogens with zero attached hydrogens (tertiary/aromatic N) is 2. The number of nitroso groups, excluding NO2 is 1. The largest absolute Gasteiger partial charge is 0.329 e. The Morgan fingerprint density at radius 3 is 2.88 bits per heavy atom. The van der Waals surface area contributed by atoms with E-state index in [4.69, 9.17) is 17.4 Å². The lowest BCUT2D eigenvalue weighted by Gasteiger charge is -2.27. The van der Waals surface area contributed by atoms with Crippen LogP contribution in [0.1, 0.15) is 19.3 Å². The lowest BCUT2D eigenvalue weighted by Crippen LogP contribution is -2.54. The van der Waals surface area contributed by atoms with Gasteiger partial charge in [-0.05, 0) is 24.8 Å². The first-order chi connectivity index (χ1) is 8.08. The van der Waals surface area contributed by atoms with Gasteiger partial charge in [0.2, 0.25) is 5.70 Å². The summed E-state index contributed by atoms with van der Waals surface area (Å²) in [5.41, 5.74) is 8.96. The molecular weight excluding hydrogens is 220 g/mol. The molecule has 0 aromatic rings. The van der Waals surface area contributed by atoms with Gasteiger partial charge in [0.05, 0.1) is 6.17 Å². The van der Waals surface area contributed by atoms with E-state index in [2.05, 4.69) is 5.43 Å². The van der Waals surface area contributed by atoms with E-state index in [1.807, 2.05) is 6.08 Å². The van der Waals surface area contributed by atoms with Gasteiger partial charge in [0.15, 0.2) is 7.05 Å². The van der Waals surface area contributed by atoms with Crippen molar-refractivity contribution in [3.05, 3.63) is 16.7 Å². The van der Waals surface area contributed by atoms with Crippen LogP contribution in [0, 0.1) is 10.8 Å². The van der Waals surface area contributed by atoms with E-state index in [1.165, 1.54) is 7.05 Å². The maximum absolute atomic E-state index is 11.1. The quantitative estimate of drug-likeness (QED) is 0.197. The molecule has 1 aliphatic rings. The van der Waals surface area contributed by atoms with Crippen LogP contribution in [-0.4, -0.2) is 36.1 Å². The molecule has 2 unspecified atom stereocenters. The summed E-state index contributed by atoms with van der Waals surface area (Å²) in [6.45, 7) is 1.07. The van der Waals surface area contributed by atoms with Gasteiger partial charge in [-0.25, -0.2) is 10.4 Å². The molecule has 0 saturated carbocycles. The average Bonchev–Trinajstić information content (AvgIpc) is 2.74. The first-order valence-corrected chi connectivity index (χ1v) is 5.87. The van der Waals surface area contributed by atoms with E-state index in [1.54, 1.807) is 5.01 Å². The topological polar surface area (TPSA) is 113 Å². The fourth-order valence-corrected chi connectivity index (χ4v) is 2.11. The van der Waals surface area contributed by atoms with E-state index in [-0.39, 0.29) is 6.17 Å². The Labute approximate surface area is 102 Å². The SMILES string of the molecule is C[N+](=O)C1=CC(CC(NN)N(N)CCN)CC1. The third-order valence-corrected chi connectivity index (χ3v) is 3.11. The molecule has 1 aliphatic carbocycles. The molecule has 1 rings (SSSR count). The molecule has 7 nitrogen and oxygen atoms in total. The summed E-state index contributed by atoms with van der Waals surface area (Å²) in [5.74, 6) is 11.6. The molecule has 0 aromatic heterocycles. The lowest BCUT2D eigenvalue weighted by molar-refractivity contribution is -0.468. The summed E-state index contributed by atoms with van der Waals surface area (Å²) < 4.78 is 0.922. The molecule has 17 heavy (non-hydrogen) atoms. The summed E-state index contributed by atoms with van der Waals surface area (Å²) in [6, 6.07) is 0. The Hall–Kier alpha value is -0.860. The van der Waals surface area contributed by atoms with E-state index >= 15 is 0 Å². The van der Waals surface area contributed by atoms with Crippen LogP contribution in [0.2, 0.25) is 0 Å². The smallest absolute Gasteiger partial charge is 0.228 e. The van der Waals surface area contributed by atoms with Crippen LogP contribution in [0.15, 0.2) is 11.8 Å². The van der Waals surface area contributed by atoms with Crippen molar-refractivity contribution < 1.29 is 4.76 Å². The fraction of sp³-hybridized carbons (Fsp3) is 0.800. The van der Waals surface area contributed by atoms with Crippen molar-refractivity contribution in [2.45, 2.75) is 25.4 Å². The number of rotatable bonds is 7. The normalized spacial score (nSPS) is 21.7. The third-order valence-electron chi connectivity index (χ3n) is 3.11. The van der Waals surface area contributed by atoms with Gasteiger partial charge in [-0.15, -0.1) is 0 Å². The summed E-state index contributed by atoms with van der Waals surface area (Å²) in [6.07, 6.45) is 4.47. The minimum absolute atomic E-state index is 0.115.